The molecule has 0 aliphatic carbocycles. The van der Waals surface area contributed by atoms with Crippen LogP contribution in [-0.2, 0) is 0 Å². The first-order valence-corrected chi connectivity index (χ1v) is 4.81. The molecule has 82 valence electrons. The molecular formula is C14H16N2. The number of rotatable bonds is 5. The van der Waals surface area contributed by atoms with Gasteiger partial charge in [0, 0.05) is 25.7 Å². The van der Waals surface area contributed by atoms with Crippen LogP contribution >= 0.6 is 0 Å². The van der Waals surface area contributed by atoms with Crippen LogP contribution in [0.1, 0.15) is 25.7 Å². The molecule has 0 aromatic carbocycles. The highest BCUT2D eigenvalue weighted by molar-refractivity contribution is 5.22. The minimum atomic E-state index is -0.921. The van der Waals surface area contributed by atoms with Gasteiger partial charge in [-0.05, 0) is 0 Å². The van der Waals surface area contributed by atoms with Gasteiger partial charge in [0.1, 0.15) is 0 Å². The molecule has 0 bridgehead atoms. The van der Waals surface area contributed by atoms with Gasteiger partial charge in [0.25, 0.3) is 0 Å². The molecular weight excluding hydrogens is 196 g/mol. The summed E-state index contributed by atoms with van der Waals surface area (Å²) in [6, 6.07) is 0. The average Bonchev–Trinajstić information content (AvgIpc) is 2.19. The largest absolute Gasteiger partial charge is 0.322 e. The third-order valence-electron chi connectivity index (χ3n) is 2.66. The fourth-order valence-electron chi connectivity index (χ4n) is 1.56. The Morgan fingerprint density at radius 3 is 0.938 bits per heavy atom. The summed E-state index contributed by atoms with van der Waals surface area (Å²) < 4.78 is 0. The van der Waals surface area contributed by atoms with E-state index in [-0.39, 0.29) is 25.7 Å². The highest BCUT2D eigenvalue weighted by Crippen LogP contribution is 2.30. The van der Waals surface area contributed by atoms with Gasteiger partial charge in [-0.25, -0.2) is 0 Å². The van der Waals surface area contributed by atoms with E-state index in [0.29, 0.717) is 0 Å². The van der Waals surface area contributed by atoms with E-state index in [4.69, 9.17) is 37.2 Å². The standard InChI is InChI=1S/C14H16N2/c1-5-9-13(15,10-6-2)14(16,11-7-3)12-8-4/h1-4H,9-12,15-16H2. The molecule has 0 saturated heterocycles. The Balaban J connectivity index is 5.30. The Kier molecular flexibility index (Phi) is 5.22. The number of nitrogens with two attached hydrogens (primary N) is 2. The summed E-state index contributed by atoms with van der Waals surface area (Å²) in [5.74, 6) is 9.91. The smallest absolute Gasteiger partial charge is 0.0576 e. The molecule has 0 saturated carbocycles. The number of hydrogen-bond donors (Lipinski definition) is 2. The van der Waals surface area contributed by atoms with Crippen LogP contribution in [0.3, 0.4) is 0 Å². The van der Waals surface area contributed by atoms with E-state index in [0.717, 1.165) is 0 Å². The minimum absolute atomic E-state index is 0.247. The van der Waals surface area contributed by atoms with Crippen LogP contribution in [0.15, 0.2) is 0 Å². The van der Waals surface area contributed by atoms with E-state index in [1.807, 2.05) is 0 Å². The zero-order chi connectivity index (χ0) is 12.7. The maximum absolute atomic E-state index is 6.17. The van der Waals surface area contributed by atoms with Gasteiger partial charge in [0.15, 0.2) is 0 Å². The molecule has 0 radical (unpaired) electrons. The zero-order valence-electron chi connectivity index (χ0n) is 9.29. The Morgan fingerprint density at radius 1 is 0.625 bits per heavy atom. The van der Waals surface area contributed by atoms with Crippen LogP contribution in [0.4, 0.5) is 0 Å². The summed E-state index contributed by atoms with van der Waals surface area (Å²) in [6.45, 7) is 0. The van der Waals surface area contributed by atoms with Crippen LogP contribution in [0.25, 0.3) is 0 Å². The van der Waals surface area contributed by atoms with Gasteiger partial charge < -0.3 is 11.5 Å². The summed E-state index contributed by atoms with van der Waals surface area (Å²) >= 11 is 0. The second kappa shape index (κ2) is 5.90. The summed E-state index contributed by atoms with van der Waals surface area (Å²) in [4.78, 5) is 0. The Hall–Kier alpha value is -1.84. The monoisotopic (exact) mass is 212 g/mol. The quantitative estimate of drug-likeness (QED) is 0.651. The fraction of sp³-hybridized carbons (Fsp3) is 0.429. The molecule has 0 rings (SSSR count). The van der Waals surface area contributed by atoms with Crippen LogP contribution in [-0.4, -0.2) is 11.1 Å². The van der Waals surface area contributed by atoms with Crippen molar-refractivity contribution in [2.45, 2.75) is 36.8 Å². The van der Waals surface area contributed by atoms with Gasteiger partial charge in [-0.2, -0.15) is 0 Å². The van der Waals surface area contributed by atoms with Crippen molar-refractivity contribution in [2.75, 3.05) is 0 Å². The first kappa shape index (κ1) is 14.2. The van der Waals surface area contributed by atoms with E-state index in [1.54, 1.807) is 0 Å². The first-order valence-electron chi connectivity index (χ1n) is 4.81. The Morgan fingerprint density at radius 2 is 0.812 bits per heavy atom. The molecule has 0 heterocycles. The summed E-state index contributed by atoms with van der Waals surface area (Å²) in [5, 5.41) is 0. The molecule has 0 spiro atoms. The van der Waals surface area contributed by atoms with E-state index < -0.39 is 11.1 Å². The van der Waals surface area contributed by atoms with E-state index in [1.165, 1.54) is 0 Å². The molecule has 0 aromatic heterocycles. The van der Waals surface area contributed by atoms with Crippen molar-refractivity contribution in [1.29, 1.82) is 0 Å². The lowest BCUT2D eigenvalue weighted by atomic mass is 9.70. The minimum Gasteiger partial charge on any atom is -0.322 e. The second-order valence-electron chi connectivity index (χ2n) is 3.84. The van der Waals surface area contributed by atoms with Crippen molar-refractivity contribution in [3.05, 3.63) is 0 Å². The van der Waals surface area contributed by atoms with Gasteiger partial charge in [-0.3, -0.25) is 0 Å². The molecule has 0 aliphatic heterocycles. The van der Waals surface area contributed by atoms with Crippen LogP contribution in [0.2, 0.25) is 0 Å². The highest BCUT2D eigenvalue weighted by Gasteiger charge is 2.44. The highest BCUT2D eigenvalue weighted by atomic mass is 14.9. The maximum Gasteiger partial charge on any atom is 0.0576 e. The molecule has 0 aliphatic rings. The molecule has 2 heteroatoms. The Labute approximate surface area is 98.2 Å². The lowest BCUT2D eigenvalue weighted by Gasteiger charge is -2.42. The summed E-state index contributed by atoms with van der Waals surface area (Å²) in [5.41, 5.74) is 10.5. The topological polar surface area (TPSA) is 52.0 Å². The third-order valence-corrected chi connectivity index (χ3v) is 2.66. The Bertz CT molecular complexity index is 320. The lowest BCUT2D eigenvalue weighted by Crippen LogP contribution is -2.65. The maximum atomic E-state index is 6.17. The SMILES string of the molecule is C#CCC(N)(CC#C)C(N)(CC#C)CC#C. The molecule has 0 fully saturated rings. The van der Waals surface area contributed by atoms with Crippen molar-refractivity contribution in [3.63, 3.8) is 0 Å². The normalized spacial score (nSPS) is 10.6. The fourth-order valence-corrected chi connectivity index (χ4v) is 1.56. The molecule has 2 nitrogen and oxygen atoms in total. The zero-order valence-corrected chi connectivity index (χ0v) is 9.29. The molecule has 16 heavy (non-hydrogen) atoms. The summed E-state index contributed by atoms with van der Waals surface area (Å²) in [6.07, 6.45) is 22.1. The van der Waals surface area contributed by atoms with Crippen LogP contribution < -0.4 is 11.5 Å². The van der Waals surface area contributed by atoms with Crippen molar-refractivity contribution in [3.8, 4) is 49.4 Å². The van der Waals surface area contributed by atoms with Gasteiger partial charge in [0.05, 0.1) is 11.1 Å². The number of hydrogen-bond acceptors (Lipinski definition) is 2. The lowest BCUT2D eigenvalue weighted by molar-refractivity contribution is 0.234. The van der Waals surface area contributed by atoms with Crippen molar-refractivity contribution in [1.82, 2.24) is 0 Å². The molecule has 4 N–H and O–H groups in total. The number of terminal acetylenes is 4. The van der Waals surface area contributed by atoms with Gasteiger partial charge in [-0.1, -0.05) is 0 Å². The van der Waals surface area contributed by atoms with E-state index in [9.17, 15) is 0 Å². The predicted octanol–water partition coefficient (Wildman–Crippen LogP) is 0.475. The van der Waals surface area contributed by atoms with Crippen LogP contribution in [0.5, 0.6) is 0 Å². The van der Waals surface area contributed by atoms with Crippen molar-refractivity contribution >= 4 is 0 Å². The average molecular weight is 212 g/mol. The van der Waals surface area contributed by atoms with Gasteiger partial charge in [-0.15, -0.1) is 49.4 Å². The molecule has 0 aromatic rings. The van der Waals surface area contributed by atoms with Crippen molar-refractivity contribution < 1.29 is 0 Å². The second-order valence-corrected chi connectivity index (χ2v) is 3.84. The van der Waals surface area contributed by atoms with Crippen LogP contribution in [0, 0.1) is 49.4 Å². The summed E-state index contributed by atoms with van der Waals surface area (Å²) in [7, 11) is 0. The van der Waals surface area contributed by atoms with Gasteiger partial charge >= 0.3 is 0 Å². The molecule has 0 atom stereocenters. The van der Waals surface area contributed by atoms with Gasteiger partial charge in [0.2, 0.25) is 0 Å². The third kappa shape index (κ3) is 2.82. The predicted molar refractivity (Wildman–Crippen MR) is 67.6 cm³/mol. The van der Waals surface area contributed by atoms with Crippen molar-refractivity contribution in [2.24, 2.45) is 11.5 Å². The van der Waals surface area contributed by atoms with E-state index >= 15 is 0 Å². The molecule has 0 amide bonds. The molecule has 0 unspecified atom stereocenters. The van der Waals surface area contributed by atoms with E-state index in [2.05, 4.69) is 23.7 Å². The first-order chi connectivity index (χ1) is 7.49.